The Balaban J connectivity index is 2.68. The summed E-state index contributed by atoms with van der Waals surface area (Å²) >= 11 is 0. The van der Waals surface area contributed by atoms with Gasteiger partial charge in [0.2, 0.25) is 0 Å². The summed E-state index contributed by atoms with van der Waals surface area (Å²) < 4.78 is 15.6. The average Bonchev–Trinajstić information content (AvgIpc) is 2.52. The second-order valence-electron chi connectivity index (χ2n) is 6.36. The van der Waals surface area contributed by atoms with Crippen molar-refractivity contribution in [1.29, 1.82) is 0 Å². The molecule has 0 radical (unpaired) electrons. The highest BCUT2D eigenvalue weighted by Crippen LogP contribution is 2.19. The van der Waals surface area contributed by atoms with E-state index >= 15 is 0 Å². The van der Waals surface area contributed by atoms with Crippen molar-refractivity contribution >= 4 is 12.2 Å². The smallest absolute Gasteiger partial charge is 0.410 e. The summed E-state index contributed by atoms with van der Waals surface area (Å²) in [5.74, 6) is 0.692. The largest absolute Gasteiger partial charge is 0.496 e. The van der Waals surface area contributed by atoms with Gasteiger partial charge in [-0.15, -0.1) is 0 Å². The van der Waals surface area contributed by atoms with Gasteiger partial charge in [-0.2, -0.15) is 0 Å². The van der Waals surface area contributed by atoms with E-state index in [1.54, 1.807) is 34.8 Å². The fourth-order valence-corrected chi connectivity index (χ4v) is 2.10. The van der Waals surface area contributed by atoms with Crippen molar-refractivity contribution in [1.82, 2.24) is 10.2 Å². The number of hydrogen-bond acceptors (Lipinski definition) is 5. The summed E-state index contributed by atoms with van der Waals surface area (Å²) in [6, 6.07) is 7.45. The maximum atomic E-state index is 12.2. The van der Waals surface area contributed by atoms with Crippen molar-refractivity contribution in [2.75, 3.05) is 26.8 Å². The number of amides is 2. The maximum absolute atomic E-state index is 12.2. The Kier molecular flexibility index (Phi) is 8.04. The Bertz CT molecular complexity index is 569. The molecule has 1 aromatic rings. The number of ether oxygens (including phenoxy) is 3. The fraction of sp³-hybridized carbons (Fsp3) is 0.556. The molecule has 0 heterocycles. The van der Waals surface area contributed by atoms with Crippen molar-refractivity contribution < 1.29 is 23.8 Å². The zero-order chi connectivity index (χ0) is 18.9. The van der Waals surface area contributed by atoms with Crippen LogP contribution < -0.4 is 10.1 Å². The van der Waals surface area contributed by atoms with E-state index in [0.717, 1.165) is 5.56 Å². The first kappa shape index (κ1) is 20.6. The van der Waals surface area contributed by atoms with E-state index in [2.05, 4.69) is 5.32 Å². The Morgan fingerprint density at radius 1 is 1.20 bits per heavy atom. The van der Waals surface area contributed by atoms with Crippen molar-refractivity contribution in [2.24, 2.45) is 0 Å². The first-order valence-corrected chi connectivity index (χ1v) is 8.27. The topological polar surface area (TPSA) is 77.1 Å². The van der Waals surface area contributed by atoms with Crippen molar-refractivity contribution in [2.45, 2.75) is 39.8 Å². The molecule has 7 nitrogen and oxygen atoms in total. The van der Waals surface area contributed by atoms with E-state index < -0.39 is 17.8 Å². The van der Waals surface area contributed by atoms with Gasteiger partial charge in [0.05, 0.1) is 20.3 Å². The maximum Gasteiger partial charge on any atom is 0.410 e. The molecule has 7 heteroatoms. The predicted octanol–water partition coefficient (Wildman–Crippen LogP) is 3.18. The number of para-hydroxylation sites is 1. The SMILES string of the molecule is CCOC(=O)N(CCNC(=O)OC(C)(C)C)Cc1ccccc1OC. The van der Waals surface area contributed by atoms with Crippen LogP contribution in [0.5, 0.6) is 5.75 Å². The molecule has 0 saturated carbocycles. The van der Waals surface area contributed by atoms with E-state index in [1.165, 1.54) is 4.90 Å². The second-order valence-corrected chi connectivity index (χ2v) is 6.36. The van der Waals surface area contributed by atoms with Gasteiger partial charge in [0, 0.05) is 18.7 Å². The Morgan fingerprint density at radius 2 is 1.88 bits per heavy atom. The number of carbonyl (C=O) groups excluding carboxylic acids is 2. The highest BCUT2D eigenvalue weighted by atomic mass is 16.6. The average molecular weight is 352 g/mol. The number of alkyl carbamates (subject to hydrolysis) is 1. The lowest BCUT2D eigenvalue weighted by atomic mass is 10.2. The predicted molar refractivity (Wildman–Crippen MR) is 94.7 cm³/mol. The third-order valence-corrected chi connectivity index (χ3v) is 3.13. The molecule has 0 aromatic heterocycles. The summed E-state index contributed by atoms with van der Waals surface area (Å²) in [4.78, 5) is 25.4. The summed E-state index contributed by atoms with van der Waals surface area (Å²) in [7, 11) is 1.58. The number of rotatable bonds is 7. The highest BCUT2D eigenvalue weighted by Gasteiger charge is 2.19. The molecule has 0 atom stereocenters. The van der Waals surface area contributed by atoms with E-state index in [-0.39, 0.29) is 19.7 Å². The number of carbonyl (C=O) groups is 2. The number of methoxy groups -OCH3 is 1. The molecule has 1 aromatic carbocycles. The molecule has 2 amide bonds. The standard InChI is InChI=1S/C18H28N2O5/c1-6-24-17(22)20(12-11-19-16(21)25-18(2,3)4)13-14-9-7-8-10-15(14)23-5/h7-10H,6,11-13H2,1-5H3,(H,19,21). The number of nitrogens with zero attached hydrogens (tertiary/aromatic N) is 1. The quantitative estimate of drug-likeness (QED) is 0.815. The van der Waals surface area contributed by atoms with Crippen LogP contribution in [0.2, 0.25) is 0 Å². The highest BCUT2D eigenvalue weighted by molar-refractivity contribution is 5.69. The van der Waals surface area contributed by atoms with Gasteiger partial charge in [-0.3, -0.25) is 0 Å². The molecule has 0 bridgehead atoms. The monoisotopic (exact) mass is 352 g/mol. The molecule has 0 aliphatic heterocycles. The van der Waals surface area contributed by atoms with Crippen molar-refractivity contribution in [3.63, 3.8) is 0 Å². The Hall–Kier alpha value is -2.44. The zero-order valence-electron chi connectivity index (χ0n) is 15.6. The van der Waals surface area contributed by atoms with Gasteiger partial charge in [-0.1, -0.05) is 18.2 Å². The molecule has 1 N–H and O–H groups in total. The molecule has 0 unspecified atom stereocenters. The molecule has 0 fully saturated rings. The molecule has 25 heavy (non-hydrogen) atoms. The molecule has 1 rings (SSSR count). The van der Waals surface area contributed by atoms with Crippen LogP contribution in [-0.2, 0) is 16.0 Å². The van der Waals surface area contributed by atoms with E-state index in [9.17, 15) is 9.59 Å². The Labute approximate surface area is 149 Å². The third kappa shape index (κ3) is 7.78. The summed E-state index contributed by atoms with van der Waals surface area (Å²) in [6.45, 7) is 8.26. The summed E-state index contributed by atoms with van der Waals surface area (Å²) in [5.41, 5.74) is 0.290. The first-order valence-electron chi connectivity index (χ1n) is 8.27. The molecular weight excluding hydrogens is 324 g/mol. The van der Waals surface area contributed by atoms with E-state index in [0.29, 0.717) is 12.3 Å². The van der Waals surface area contributed by atoms with Gasteiger partial charge in [-0.05, 0) is 33.8 Å². The van der Waals surface area contributed by atoms with Gasteiger partial charge in [0.25, 0.3) is 0 Å². The van der Waals surface area contributed by atoms with Crippen LogP contribution in [0.15, 0.2) is 24.3 Å². The molecule has 0 aliphatic rings. The Morgan fingerprint density at radius 3 is 2.48 bits per heavy atom. The van der Waals surface area contributed by atoms with Crippen molar-refractivity contribution in [3.8, 4) is 5.75 Å². The zero-order valence-corrected chi connectivity index (χ0v) is 15.6. The van der Waals surface area contributed by atoms with Crippen LogP contribution in [0, 0.1) is 0 Å². The number of nitrogens with one attached hydrogen (secondary N) is 1. The molecule has 0 saturated heterocycles. The second kappa shape index (κ2) is 9.76. The normalized spacial score (nSPS) is 10.8. The molecule has 140 valence electrons. The van der Waals surface area contributed by atoms with E-state index in [1.807, 2.05) is 24.3 Å². The van der Waals surface area contributed by atoms with Gasteiger partial charge >= 0.3 is 12.2 Å². The summed E-state index contributed by atoms with van der Waals surface area (Å²) in [6.07, 6.45) is -0.965. The van der Waals surface area contributed by atoms with Crippen molar-refractivity contribution in [3.05, 3.63) is 29.8 Å². The third-order valence-electron chi connectivity index (χ3n) is 3.13. The van der Waals surface area contributed by atoms with Crippen LogP contribution >= 0.6 is 0 Å². The fourth-order valence-electron chi connectivity index (χ4n) is 2.10. The first-order chi connectivity index (χ1) is 11.8. The molecule has 0 spiro atoms. The minimum atomic E-state index is -0.567. The van der Waals surface area contributed by atoms with Gasteiger partial charge in [-0.25, -0.2) is 9.59 Å². The van der Waals surface area contributed by atoms with Gasteiger partial charge in [0.15, 0.2) is 0 Å². The van der Waals surface area contributed by atoms with Crippen LogP contribution in [-0.4, -0.2) is 49.5 Å². The summed E-state index contributed by atoms with van der Waals surface area (Å²) in [5, 5.41) is 2.64. The molecular formula is C18H28N2O5. The lowest BCUT2D eigenvalue weighted by Gasteiger charge is -2.24. The van der Waals surface area contributed by atoms with Crippen LogP contribution in [0.1, 0.15) is 33.3 Å². The van der Waals surface area contributed by atoms with Gasteiger partial charge in [0.1, 0.15) is 11.4 Å². The van der Waals surface area contributed by atoms with E-state index in [4.69, 9.17) is 14.2 Å². The van der Waals surface area contributed by atoms with Crippen LogP contribution in [0.4, 0.5) is 9.59 Å². The van der Waals surface area contributed by atoms with Crippen LogP contribution in [0.3, 0.4) is 0 Å². The lowest BCUT2D eigenvalue weighted by Crippen LogP contribution is -2.40. The van der Waals surface area contributed by atoms with Gasteiger partial charge < -0.3 is 24.4 Å². The molecule has 0 aliphatic carbocycles. The number of hydrogen-bond donors (Lipinski definition) is 1. The van der Waals surface area contributed by atoms with Crippen LogP contribution in [0.25, 0.3) is 0 Å². The lowest BCUT2D eigenvalue weighted by molar-refractivity contribution is 0.0515. The minimum absolute atomic E-state index is 0.253. The minimum Gasteiger partial charge on any atom is -0.496 e. The number of benzene rings is 1.